The Balaban J connectivity index is 2.03. The van der Waals surface area contributed by atoms with Crippen molar-refractivity contribution in [3.05, 3.63) is 60.2 Å². The van der Waals surface area contributed by atoms with Gasteiger partial charge in [0.25, 0.3) is 5.91 Å². The molecule has 0 fully saturated rings. The average Bonchev–Trinajstić information content (AvgIpc) is 2.72. The number of nitrogen functional groups attached to an aromatic ring is 1. The highest BCUT2D eigenvalue weighted by Gasteiger charge is 2.14. The highest BCUT2D eigenvalue weighted by atomic mass is 16.5. The maximum Gasteiger partial charge on any atom is 0.255 e. The lowest BCUT2D eigenvalue weighted by Crippen LogP contribution is -2.19. The fourth-order valence-corrected chi connectivity index (χ4v) is 2.73. The van der Waals surface area contributed by atoms with E-state index >= 15 is 0 Å². The Hall–Kier alpha value is -4.05. The van der Waals surface area contributed by atoms with Crippen LogP contribution in [-0.2, 0) is 4.79 Å². The number of carbonyl (C=O) groups excluding carboxylic acids is 1. The van der Waals surface area contributed by atoms with E-state index in [9.17, 15) is 10.1 Å². The molecule has 1 heterocycles. The van der Waals surface area contributed by atoms with Crippen molar-refractivity contribution >= 4 is 11.7 Å². The molecular weight excluding hydrogens is 356 g/mol. The number of anilines is 1. The lowest BCUT2D eigenvalue weighted by molar-refractivity contribution is -0.119. The molecular formula is C21H18N4O3. The van der Waals surface area contributed by atoms with Gasteiger partial charge in [-0.15, -0.1) is 0 Å². The number of hydrogen-bond acceptors (Lipinski definition) is 6. The van der Waals surface area contributed by atoms with Crippen molar-refractivity contribution in [2.75, 3.05) is 19.5 Å². The molecule has 4 N–H and O–H groups in total. The van der Waals surface area contributed by atoms with E-state index < -0.39 is 5.91 Å². The van der Waals surface area contributed by atoms with Crippen LogP contribution in [0.3, 0.4) is 0 Å². The Bertz CT molecular complexity index is 1060. The van der Waals surface area contributed by atoms with Crippen molar-refractivity contribution in [3.63, 3.8) is 0 Å². The van der Waals surface area contributed by atoms with Crippen LogP contribution in [0.25, 0.3) is 22.4 Å². The SMILES string of the molecule is COc1cccc(-c2cc(-c3ccc(OCC(N)=O)cc3)c(C#N)c(N)n2)c1. The van der Waals surface area contributed by atoms with Crippen molar-refractivity contribution in [2.24, 2.45) is 5.73 Å². The lowest BCUT2D eigenvalue weighted by Gasteiger charge is -2.11. The molecule has 0 radical (unpaired) electrons. The summed E-state index contributed by atoms with van der Waals surface area (Å²) in [7, 11) is 1.59. The van der Waals surface area contributed by atoms with Crippen LogP contribution < -0.4 is 20.9 Å². The van der Waals surface area contributed by atoms with Crippen molar-refractivity contribution in [1.29, 1.82) is 5.26 Å². The van der Waals surface area contributed by atoms with Gasteiger partial charge in [-0.2, -0.15) is 5.26 Å². The van der Waals surface area contributed by atoms with Gasteiger partial charge in [0.2, 0.25) is 0 Å². The zero-order chi connectivity index (χ0) is 20.1. The van der Waals surface area contributed by atoms with E-state index in [2.05, 4.69) is 11.1 Å². The fraction of sp³-hybridized carbons (Fsp3) is 0.0952. The molecule has 0 aliphatic carbocycles. The molecule has 3 aromatic rings. The fourth-order valence-electron chi connectivity index (χ4n) is 2.73. The number of carbonyl (C=O) groups is 1. The van der Waals surface area contributed by atoms with E-state index in [1.165, 1.54) is 0 Å². The van der Waals surface area contributed by atoms with Crippen molar-refractivity contribution in [2.45, 2.75) is 0 Å². The van der Waals surface area contributed by atoms with Gasteiger partial charge in [-0.3, -0.25) is 4.79 Å². The van der Waals surface area contributed by atoms with Gasteiger partial charge in [-0.1, -0.05) is 24.3 Å². The summed E-state index contributed by atoms with van der Waals surface area (Å²) in [6.45, 7) is -0.203. The number of benzene rings is 2. The number of ether oxygens (including phenoxy) is 2. The van der Waals surface area contributed by atoms with Crippen LogP contribution >= 0.6 is 0 Å². The number of methoxy groups -OCH3 is 1. The molecule has 0 unspecified atom stereocenters. The quantitative estimate of drug-likeness (QED) is 0.683. The van der Waals surface area contributed by atoms with E-state index in [4.69, 9.17) is 20.9 Å². The number of nitrogens with two attached hydrogens (primary N) is 2. The molecule has 0 aliphatic rings. The summed E-state index contributed by atoms with van der Waals surface area (Å²) >= 11 is 0. The summed E-state index contributed by atoms with van der Waals surface area (Å²) in [5.74, 6) is 0.781. The number of amides is 1. The molecule has 7 heteroatoms. The molecule has 0 saturated carbocycles. The lowest BCUT2D eigenvalue weighted by atomic mass is 9.98. The summed E-state index contributed by atoms with van der Waals surface area (Å²) in [4.78, 5) is 15.2. The summed E-state index contributed by atoms with van der Waals surface area (Å²) in [6.07, 6.45) is 0. The van der Waals surface area contributed by atoms with Gasteiger partial charge in [0.05, 0.1) is 12.8 Å². The van der Waals surface area contributed by atoms with E-state index in [1.54, 1.807) is 31.4 Å². The Morgan fingerprint density at radius 3 is 2.50 bits per heavy atom. The minimum absolute atomic E-state index is 0.145. The summed E-state index contributed by atoms with van der Waals surface area (Å²) < 4.78 is 10.5. The first-order chi connectivity index (χ1) is 13.5. The molecule has 3 rings (SSSR count). The maximum atomic E-state index is 10.8. The minimum Gasteiger partial charge on any atom is -0.497 e. The second-order valence-electron chi connectivity index (χ2n) is 5.94. The first-order valence-electron chi connectivity index (χ1n) is 8.38. The largest absolute Gasteiger partial charge is 0.497 e. The van der Waals surface area contributed by atoms with Crippen molar-refractivity contribution < 1.29 is 14.3 Å². The average molecular weight is 374 g/mol. The van der Waals surface area contributed by atoms with Gasteiger partial charge in [-0.25, -0.2) is 4.98 Å². The number of pyridine rings is 1. The van der Waals surface area contributed by atoms with Crippen LogP contribution in [0, 0.1) is 11.3 Å². The van der Waals surface area contributed by atoms with E-state index in [-0.39, 0.29) is 18.0 Å². The molecule has 140 valence electrons. The van der Waals surface area contributed by atoms with Gasteiger partial charge < -0.3 is 20.9 Å². The number of nitriles is 1. The van der Waals surface area contributed by atoms with Crippen LogP contribution in [0.2, 0.25) is 0 Å². The standard InChI is InChI=1S/C21H18N4O3/c1-27-16-4-2-3-14(9-16)19-10-17(18(11-22)21(24)25-19)13-5-7-15(8-6-13)28-12-20(23)26/h2-10H,12H2,1H3,(H2,23,26)(H2,24,25). The van der Waals surface area contributed by atoms with Crippen molar-refractivity contribution in [3.8, 4) is 40.0 Å². The highest BCUT2D eigenvalue weighted by Crippen LogP contribution is 2.33. The Morgan fingerprint density at radius 1 is 1.11 bits per heavy atom. The van der Waals surface area contributed by atoms with Gasteiger partial charge in [0.15, 0.2) is 6.61 Å². The van der Waals surface area contributed by atoms with E-state index in [0.717, 1.165) is 11.1 Å². The normalized spacial score (nSPS) is 10.1. The zero-order valence-corrected chi connectivity index (χ0v) is 15.2. The van der Waals surface area contributed by atoms with Gasteiger partial charge in [0.1, 0.15) is 28.9 Å². The highest BCUT2D eigenvalue weighted by molar-refractivity contribution is 5.80. The third-order valence-corrected chi connectivity index (χ3v) is 4.07. The molecule has 0 atom stereocenters. The monoisotopic (exact) mass is 374 g/mol. The van der Waals surface area contributed by atoms with E-state index in [1.807, 2.05) is 30.3 Å². The molecule has 0 bridgehead atoms. The summed E-state index contributed by atoms with van der Waals surface area (Å²) in [6, 6.07) is 18.3. The van der Waals surface area contributed by atoms with Crippen LogP contribution in [0.1, 0.15) is 5.56 Å². The number of nitrogens with zero attached hydrogens (tertiary/aromatic N) is 2. The first kappa shape index (κ1) is 18.7. The number of rotatable bonds is 6. The van der Waals surface area contributed by atoms with Gasteiger partial charge >= 0.3 is 0 Å². The first-order valence-corrected chi connectivity index (χ1v) is 8.38. The van der Waals surface area contributed by atoms with Crippen LogP contribution in [0.5, 0.6) is 11.5 Å². The summed E-state index contributed by atoms with van der Waals surface area (Å²) in [5, 5.41) is 9.54. The van der Waals surface area contributed by atoms with Crippen LogP contribution in [-0.4, -0.2) is 24.6 Å². The Kier molecular flexibility index (Phi) is 5.42. The second kappa shape index (κ2) is 8.10. The molecule has 1 amide bonds. The maximum absolute atomic E-state index is 10.8. The predicted octanol–water partition coefficient (Wildman–Crippen LogP) is 2.74. The minimum atomic E-state index is -0.555. The molecule has 0 spiro atoms. The third kappa shape index (κ3) is 4.02. The van der Waals surface area contributed by atoms with Crippen LogP contribution in [0.4, 0.5) is 5.82 Å². The Labute approximate surface area is 162 Å². The molecule has 2 aromatic carbocycles. The van der Waals surface area contributed by atoms with E-state index in [0.29, 0.717) is 22.8 Å². The van der Waals surface area contributed by atoms with Gasteiger partial charge in [-0.05, 0) is 35.9 Å². The number of primary amides is 1. The third-order valence-electron chi connectivity index (χ3n) is 4.07. The molecule has 28 heavy (non-hydrogen) atoms. The second-order valence-corrected chi connectivity index (χ2v) is 5.94. The molecule has 0 aliphatic heterocycles. The molecule has 0 saturated heterocycles. The van der Waals surface area contributed by atoms with Crippen LogP contribution in [0.15, 0.2) is 54.6 Å². The molecule has 7 nitrogen and oxygen atoms in total. The predicted molar refractivity (Wildman–Crippen MR) is 105 cm³/mol. The van der Waals surface area contributed by atoms with Gasteiger partial charge in [0, 0.05) is 11.1 Å². The zero-order valence-electron chi connectivity index (χ0n) is 15.2. The summed E-state index contributed by atoms with van der Waals surface area (Å²) in [5.41, 5.74) is 14.3. The number of aromatic nitrogens is 1. The van der Waals surface area contributed by atoms with Crippen molar-refractivity contribution in [1.82, 2.24) is 4.98 Å². The Morgan fingerprint density at radius 2 is 1.86 bits per heavy atom. The number of hydrogen-bond donors (Lipinski definition) is 2. The smallest absolute Gasteiger partial charge is 0.255 e. The molecule has 1 aromatic heterocycles. The topological polar surface area (TPSA) is 124 Å².